The Bertz CT molecular complexity index is 313. The van der Waals surface area contributed by atoms with Crippen LogP contribution in [0.15, 0.2) is 24.3 Å². The van der Waals surface area contributed by atoms with Crippen LogP contribution in [0.2, 0.25) is 0 Å². The zero-order valence-electron chi connectivity index (χ0n) is 12.0. The van der Waals surface area contributed by atoms with E-state index in [4.69, 9.17) is 0 Å². The van der Waals surface area contributed by atoms with Crippen molar-refractivity contribution in [3.05, 3.63) is 35.4 Å². The van der Waals surface area contributed by atoms with Crippen molar-refractivity contribution in [1.29, 1.82) is 0 Å². The average molecular weight is 233 g/mol. The quantitative estimate of drug-likeness (QED) is 0.778. The third-order valence-electron chi connectivity index (χ3n) is 3.79. The number of benzene rings is 1. The molecular formula is C16H27N. The number of hydrogen-bond acceptors (Lipinski definition) is 1. The molecule has 1 aromatic rings. The molecule has 0 aliphatic rings. The van der Waals surface area contributed by atoms with E-state index in [0.29, 0.717) is 11.8 Å². The van der Waals surface area contributed by atoms with Gasteiger partial charge in [0.25, 0.3) is 0 Å². The van der Waals surface area contributed by atoms with Crippen molar-refractivity contribution in [2.24, 2.45) is 5.92 Å². The maximum absolute atomic E-state index is 3.32. The van der Waals surface area contributed by atoms with Gasteiger partial charge >= 0.3 is 0 Å². The lowest BCUT2D eigenvalue weighted by Crippen LogP contribution is -2.22. The fourth-order valence-electron chi connectivity index (χ4n) is 2.28. The molecule has 0 aliphatic carbocycles. The van der Waals surface area contributed by atoms with Crippen LogP contribution < -0.4 is 5.32 Å². The molecule has 1 aromatic carbocycles. The molecule has 2 atom stereocenters. The van der Waals surface area contributed by atoms with Gasteiger partial charge in [-0.1, -0.05) is 58.4 Å². The molecule has 17 heavy (non-hydrogen) atoms. The van der Waals surface area contributed by atoms with Gasteiger partial charge in [-0.3, -0.25) is 0 Å². The Morgan fingerprint density at radius 1 is 1.00 bits per heavy atom. The first kappa shape index (κ1) is 14.2. The lowest BCUT2D eigenvalue weighted by molar-refractivity contribution is 0.432. The molecule has 96 valence electrons. The SMILES string of the molecule is CCC(C)C(CNC)c1ccc(C(C)C)cc1. The molecule has 0 amide bonds. The highest BCUT2D eigenvalue weighted by Gasteiger charge is 2.17. The second-order valence-electron chi connectivity index (χ2n) is 5.37. The van der Waals surface area contributed by atoms with Gasteiger partial charge in [0.05, 0.1) is 0 Å². The maximum atomic E-state index is 3.32. The Kier molecular flexibility index (Phi) is 5.70. The van der Waals surface area contributed by atoms with Crippen molar-refractivity contribution in [1.82, 2.24) is 5.32 Å². The molecule has 0 heterocycles. The molecule has 1 nitrogen and oxygen atoms in total. The summed E-state index contributed by atoms with van der Waals surface area (Å²) in [5.41, 5.74) is 2.90. The topological polar surface area (TPSA) is 12.0 Å². The Labute approximate surface area is 107 Å². The van der Waals surface area contributed by atoms with Gasteiger partial charge in [0.2, 0.25) is 0 Å². The highest BCUT2D eigenvalue weighted by molar-refractivity contribution is 5.27. The number of hydrogen-bond donors (Lipinski definition) is 1. The van der Waals surface area contributed by atoms with Gasteiger partial charge < -0.3 is 5.32 Å². The van der Waals surface area contributed by atoms with Crippen LogP contribution in [0.1, 0.15) is 57.1 Å². The molecular weight excluding hydrogens is 206 g/mol. The molecule has 1 heteroatoms. The van der Waals surface area contributed by atoms with E-state index in [9.17, 15) is 0 Å². The predicted octanol–water partition coefficient (Wildman–Crippen LogP) is 4.16. The van der Waals surface area contributed by atoms with Crippen molar-refractivity contribution >= 4 is 0 Å². The summed E-state index contributed by atoms with van der Waals surface area (Å²) in [5, 5.41) is 3.32. The molecule has 0 aromatic heterocycles. The zero-order valence-corrected chi connectivity index (χ0v) is 12.0. The van der Waals surface area contributed by atoms with Gasteiger partial charge in [-0.2, -0.15) is 0 Å². The van der Waals surface area contributed by atoms with Crippen LogP contribution in [0.3, 0.4) is 0 Å². The van der Waals surface area contributed by atoms with E-state index in [-0.39, 0.29) is 0 Å². The van der Waals surface area contributed by atoms with Crippen LogP contribution in [-0.4, -0.2) is 13.6 Å². The van der Waals surface area contributed by atoms with E-state index in [1.54, 1.807) is 0 Å². The van der Waals surface area contributed by atoms with E-state index in [0.717, 1.165) is 12.5 Å². The molecule has 1 rings (SSSR count). The van der Waals surface area contributed by atoms with E-state index in [1.807, 2.05) is 7.05 Å². The third kappa shape index (κ3) is 3.85. The van der Waals surface area contributed by atoms with Crippen molar-refractivity contribution in [3.8, 4) is 0 Å². The lowest BCUT2D eigenvalue weighted by Gasteiger charge is -2.23. The maximum Gasteiger partial charge on any atom is 0.00197 e. The molecule has 0 saturated carbocycles. The minimum absolute atomic E-state index is 0.621. The second-order valence-corrected chi connectivity index (χ2v) is 5.37. The minimum atomic E-state index is 0.621. The third-order valence-corrected chi connectivity index (χ3v) is 3.79. The van der Waals surface area contributed by atoms with Crippen LogP contribution >= 0.6 is 0 Å². The van der Waals surface area contributed by atoms with E-state index in [1.165, 1.54) is 17.5 Å². The monoisotopic (exact) mass is 233 g/mol. The van der Waals surface area contributed by atoms with Gasteiger partial charge in [0.1, 0.15) is 0 Å². The van der Waals surface area contributed by atoms with Crippen molar-refractivity contribution in [2.75, 3.05) is 13.6 Å². The summed E-state index contributed by atoms with van der Waals surface area (Å²) in [6.45, 7) is 10.2. The normalized spacial score (nSPS) is 14.9. The van der Waals surface area contributed by atoms with Crippen LogP contribution in [0.4, 0.5) is 0 Å². The zero-order chi connectivity index (χ0) is 12.8. The summed E-state index contributed by atoms with van der Waals surface area (Å²) in [7, 11) is 2.04. The fourth-order valence-corrected chi connectivity index (χ4v) is 2.28. The lowest BCUT2D eigenvalue weighted by atomic mass is 9.84. The van der Waals surface area contributed by atoms with Crippen molar-refractivity contribution < 1.29 is 0 Å². The summed E-state index contributed by atoms with van der Waals surface area (Å²) in [6.07, 6.45) is 1.23. The molecule has 0 aliphatic heterocycles. The van der Waals surface area contributed by atoms with Gasteiger partial charge in [0, 0.05) is 6.54 Å². The summed E-state index contributed by atoms with van der Waals surface area (Å²) >= 11 is 0. The minimum Gasteiger partial charge on any atom is -0.319 e. The molecule has 1 N–H and O–H groups in total. The first-order chi connectivity index (χ1) is 8.10. The van der Waals surface area contributed by atoms with Gasteiger partial charge in [0.15, 0.2) is 0 Å². The summed E-state index contributed by atoms with van der Waals surface area (Å²) < 4.78 is 0. The van der Waals surface area contributed by atoms with Crippen LogP contribution in [-0.2, 0) is 0 Å². The molecule has 2 unspecified atom stereocenters. The molecule has 0 saturated heterocycles. The van der Waals surface area contributed by atoms with Crippen LogP contribution in [0.5, 0.6) is 0 Å². The Hall–Kier alpha value is -0.820. The highest BCUT2D eigenvalue weighted by Crippen LogP contribution is 2.27. The van der Waals surface area contributed by atoms with Gasteiger partial charge in [-0.25, -0.2) is 0 Å². The number of rotatable bonds is 6. The van der Waals surface area contributed by atoms with Crippen molar-refractivity contribution in [2.45, 2.75) is 46.0 Å². The van der Waals surface area contributed by atoms with Crippen molar-refractivity contribution in [3.63, 3.8) is 0 Å². The van der Waals surface area contributed by atoms with E-state index < -0.39 is 0 Å². The Morgan fingerprint density at radius 2 is 1.53 bits per heavy atom. The Balaban J connectivity index is 2.87. The molecule has 0 radical (unpaired) electrons. The smallest absolute Gasteiger partial charge is 0.00197 e. The standard InChI is InChI=1S/C16H27N/c1-6-13(4)16(11-17-5)15-9-7-14(8-10-15)12(2)3/h7-10,12-13,16-17H,6,11H2,1-5H3. The van der Waals surface area contributed by atoms with E-state index in [2.05, 4.69) is 57.3 Å². The summed E-state index contributed by atoms with van der Waals surface area (Å²) in [5.74, 6) is 1.98. The average Bonchev–Trinajstić information content (AvgIpc) is 2.35. The summed E-state index contributed by atoms with van der Waals surface area (Å²) in [4.78, 5) is 0. The first-order valence-electron chi connectivity index (χ1n) is 6.84. The van der Waals surface area contributed by atoms with Gasteiger partial charge in [-0.15, -0.1) is 0 Å². The first-order valence-corrected chi connectivity index (χ1v) is 6.84. The molecule has 0 fully saturated rings. The second kappa shape index (κ2) is 6.80. The predicted molar refractivity (Wildman–Crippen MR) is 76.7 cm³/mol. The van der Waals surface area contributed by atoms with Crippen LogP contribution in [0, 0.1) is 5.92 Å². The molecule has 0 spiro atoms. The van der Waals surface area contributed by atoms with Gasteiger partial charge in [-0.05, 0) is 35.9 Å². The van der Waals surface area contributed by atoms with E-state index >= 15 is 0 Å². The summed E-state index contributed by atoms with van der Waals surface area (Å²) in [6, 6.07) is 9.18. The number of likely N-dealkylation sites (N-methyl/N-ethyl adjacent to an activating group) is 1. The number of nitrogens with one attached hydrogen (secondary N) is 1. The largest absolute Gasteiger partial charge is 0.319 e. The Morgan fingerprint density at radius 3 is 1.94 bits per heavy atom. The molecule has 0 bridgehead atoms. The fraction of sp³-hybridized carbons (Fsp3) is 0.625. The highest BCUT2D eigenvalue weighted by atomic mass is 14.8. The van der Waals surface area contributed by atoms with Crippen LogP contribution in [0.25, 0.3) is 0 Å².